The lowest BCUT2D eigenvalue weighted by Crippen LogP contribution is -2.02. The fraction of sp³-hybridized carbons (Fsp3) is 0.0870. The van der Waals surface area contributed by atoms with E-state index >= 15 is 0 Å². The average molecular weight is 410 g/mol. The molecule has 0 radical (unpaired) electrons. The highest BCUT2D eigenvalue weighted by molar-refractivity contribution is 5.95. The first kappa shape index (κ1) is 18.6. The van der Waals surface area contributed by atoms with Crippen LogP contribution < -0.4 is 0 Å². The largest absolute Gasteiger partial charge is 0.438 e. The number of benzene rings is 1. The lowest BCUT2D eigenvalue weighted by molar-refractivity contribution is 0.593. The van der Waals surface area contributed by atoms with Gasteiger partial charge in [-0.1, -0.05) is 0 Å². The molecule has 0 saturated heterocycles. The molecule has 1 unspecified atom stereocenters. The molecule has 0 aliphatic rings. The van der Waals surface area contributed by atoms with Gasteiger partial charge in [0, 0.05) is 35.3 Å². The van der Waals surface area contributed by atoms with Gasteiger partial charge in [-0.3, -0.25) is 9.67 Å². The second kappa shape index (κ2) is 7.46. The monoisotopic (exact) mass is 410 g/mol. The van der Waals surface area contributed by atoms with Gasteiger partial charge in [0.05, 0.1) is 17.1 Å². The number of halogens is 1. The zero-order chi connectivity index (χ0) is 21.4. The molecule has 0 aliphatic carbocycles. The Bertz CT molecular complexity index is 1420. The quantitative estimate of drug-likeness (QED) is 0.412. The Hall–Kier alpha value is -4.38. The van der Waals surface area contributed by atoms with E-state index in [4.69, 9.17) is 4.42 Å². The Morgan fingerprint density at radius 3 is 2.68 bits per heavy atom. The highest BCUT2D eigenvalue weighted by Gasteiger charge is 2.21. The van der Waals surface area contributed by atoms with Gasteiger partial charge in [0.1, 0.15) is 29.6 Å². The van der Waals surface area contributed by atoms with E-state index in [9.17, 15) is 9.65 Å². The van der Waals surface area contributed by atoms with Crippen molar-refractivity contribution in [1.29, 1.82) is 5.26 Å². The minimum absolute atomic E-state index is 0.338. The topological polar surface area (TPSA) is 93.4 Å². The molecule has 1 aromatic carbocycles. The number of rotatable bonds is 4. The molecule has 31 heavy (non-hydrogen) atoms. The van der Waals surface area contributed by atoms with Crippen molar-refractivity contribution in [2.75, 3.05) is 0 Å². The van der Waals surface area contributed by atoms with Crippen LogP contribution in [0.5, 0.6) is 0 Å². The van der Waals surface area contributed by atoms with Crippen LogP contribution >= 0.6 is 0 Å². The van der Waals surface area contributed by atoms with E-state index in [0.29, 0.717) is 39.4 Å². The standard InChI is InChI=1S/C23H15FN6O/c1-14(10-25)30-12-19(21(29-30)15-4-6-17(24)7-5-15)22-18-9-20(16-3-2-8-26-11-16)31-23(18)28-13-27-22/h2-9,11-14H,1H3. The smallest absolute Gasteiger partial charge is 0.230 e. The summed E-state index contributed by atoms with van der Waals surface area (Å²) >= 11 is 0. The highest BCUT2D eigenvalue weighted by Crippen LogP contribution is 2.37. The summed E-state index contributed by atoms with van der Waals surface area (Å²) < 4.78 is 21.0. The first-order chi connectivity index (χ1) is 15.1. The molecule has 0 saturated carbocycles. The van der Waals surface area contributed by atoms with Crippen LogP contribution in [0.15, 0.2) is 71.8 Å². The number of pyridine rings is 1. The SMILES string of the molecule is CC(C#N)n1cc(-c2ncnc3oc(-c4cccnc4)cc23)c(-c2ccc(F)cc2)n1. The summed E-state index contributed by atoms with van der Waals surface area (Å²) in [6.07, 6.45) is 6.59. The summed E-state index contributed by atoms with van der Waals surface area (Å²) in [5.41, 5.74) is 3.85. The van der Waals surface area contributed by atoms with Crippen molar-refractivity contribution in [3.63, 3.8) is 0 Å². The number of furan rings is 1. The molecule has 150 valence electrons. The molecule has 8 heteroatoms. The Labute approximate surface area is 176 Å². The molecule has 1 atom stereocenters. The van der Waals surface area contributed by atoms with Crippen LogP contribution in [0, 0.1) is 17.1 Å². The van der Waals surface area contributed by atoms with Gasteiger partial charge in [0.2, 0.25) is 5.71 Å². The Morgan fingerprint density at radius 2 is 1.94 bits per heavy atom. The Kier molecular flexibility index (Phi) is 4.49. The molecule has 0 N–H and O–H groups in total. The normalized spacial score (nSPS) is 12.0. The van der Waals surface area contributed by atoms with E-state index in [1.807, 2.05) is 18.2 Å². The third-order valence-electron chi connectivity index (χ3n) is 4.96. The van der Waals surface area contributed by atoms with Gasteiger partial charge in [-0.15, -0.1) is 0 Å². The van der Waals surface area contributed by atoms with Crippen LogP contribution in [0.25, 0.3) is 44.9 Å². The second-order valence-corrected chi connectivity index (χ2v) is 6.98. The van der Waals surface area contributed by atoms with Gasteiger partial charge in [0.25, 0.3) is 0 Å². The maximum absolute atomic E-state index is 13.5. The molecule has 7 nitrogen and oxygen atoms in total. The van der Waals surface area contributed by atoms with Crippen molar-refractivity contribution in [3.05, 3.63) is 73.2 Å². The van der Waals surface area contributed by atoms with Crippen LogP contribution in [0.2, 0.25) is 0 Å². The Morgan fingerprint density at radius 1 is 1.10 bits per heavy atom. The van der Waals surface area contributed by atoms with Crippen LogP contribution in [0.1, 0.15) is 13.0 Å². The first-order valence-corrected chi connectivity index (χ1v) is 9.54. The number of nitriles is 1. The van der Waals surface area contributed by atoms with E-state index < -0.39 is 6.04 Å². The second-order valence-electron chi connectivity index (χ2n) is 6.98. The summed E-state index contributed by atoms with van der Waals surface area (Å²) in [5, 5.41) is 14.7. The third-order valence-corrected chi connectivity index (χ3v) is 4.96. The average Bonchev–Trinajstić information content (AvgIpc) is 3.44. The van der Waals surface area contributed by atoms with E-state index in [1.54, 1.807) is 42.3 Å². The fourth-order valence-corrected chi connectivity index (χ4v) is 3.36. The van der Waals surface area contributed by atoms with Crippen molar-refractivity contribution >= 4 is 11.1 Å². The summed E-state index contributed by atoms with van der Waals surface area (Å²) in [6, 6.07) is 13.3. The third kappa shape index (κ3) is 3.32. The predicted octanol–water partition coefficient (Wildman–Crippen LogP) is 5.04. The van der Waals surface area contributed by atoms with Gasteiger partial charge in [-0.2, -0.15) is 10.4 Å². The molecule has 0 spiro atoms. The Balaban J connectivity index is 1.72. The minimum Gasteiger partial charge on any atom is -0.438 e. The van der Waals surface area contributed by atoms with Crippen LogP contribution in [0.4, 0.5) is 4.39 Å². The van der Waals surface area contributed by atoms with E-state index in [1.165, 1.54) is 18.5 Å². The number of hydrogen-bond acceptors (Lipinski definition) is 6. The molecular weight excluding hydrogens is 395 g/mol. The number of aromatic nitrogens is 5. The van der Waals surface area contributed by atoms with E-state index in [-0.39, 0.29) is 5.82 Å². The van der Waals surface area contributed by atoms with Crippen molar-refractivity contribution < 1.29 is 8.81 Å². The van der Waals surface area contributed by atoms with Gasteiger partial charge in [-0.25, -0.2) is 14.4 Å². The van der Waals surface area contributed by atoms with E-state index in [0.717, 1.165) is 5.56 Å². The van der Waals surface area contributed by atoms with Crippen LogP contribution in [0.3, 0.4) is 0 Å². The molecule has 0 fully saturated rings. The first-order valence-electron chi connectivity index (χ1n) is 9.54. The lowest BCUT2D eigenvalue weighted by atomic mass is 10.0. The van der Waals surface area contributed by atoms with Crippen molar-refractivity contribution in [3.8, 4) is 39.9 Å². The van der Waals surface area contributed by atoms with E-state index in [2.05, 4.69) is 26.1 Å². The molecule has 4 heterocycles. The number of fused-ring (bicyclic) bond motifs is 1. The lowest BCUT2D eigenvalue weighted by Gasteiger charge is -2.03. The zero-order valence-corrected chi connectivity index (χ0v) is 16.4. The van der Waals surface area contributed by atoms with Crippen molar-refractivity contribution in [2.24, 2.45) is 0 Å². The molecule has 5 aromatic rings. The van der Waals surface area contributed by atoms with Crippen LogP contribution in [-0.2, 0) is 0 Å². The van der Waals surface area contributed by atoms with Gasteiger partial charge in [0.15, 0.2) is 0 Å². The molecule has 4 aromatic heterocycles. The summed E-state index contributed by atoms with van der Waals surface area (Å²) in [5.74, 6) is 0.279. The van der Waals surface area contributed by atoms with Gasteiger partial charge >= 0.3 is 0 Å². The summed E-state index contributed by atoms with van der Waals surface area (Å²) in [4.78, 5) is 12.9. The minimum atomic E-state index is -0.486. The highest BCUT2D eigenvalue weighted by atomic mass is 19.1. The van der Waals surface area contributed by atoms with Crippen molar-refractivity contribution in [2.45, 2.75) is 13.0 Å². The fourth-order valence-electron chi connectivity index (χ4n) is 3.36. The summed E-state index contributed by atoms with van der Waals surface area (Å²) in [6.45, 7) is 1.75. The predicted molar refractivity (Wildman–Crippen MR) is 112 cm³/mol. The van der Waals surface area contributed by atoms with Crippen LogP contribution in [-0.4, -0.2) is 24.7 Å². The maximum Gasteiger partial charge on any atom is 0.230 e. The molecule has 0 amide bonds. The molecule has 0 aliphatic heterocycles. The molecular formula is C23H15FN6O. The summed E-state index contributed by atoms with van der Waals surface area (Å²) in [7, 11) is 0. The van der Waals surface area contributed by atoms with Crippen molar-refractivity contribution in [1.82, 2.24) is 24.7 Å². The molecule has 0 bridgehead atoms. The number of nitrogens with zero attached hydrogens (tertiary/aromatic N) is 6. The number of hydrogen-bond donors (Lipinski definition) is 0. The zero-order valence-electron chi connectivity index (χ0n) is 16.4. The van der Waals surface area contributed by atoms with Gasteiger partial charge in [-0.05, 0) is 49.4 Å². The molecule has 5 rings (SSSR count). The maximum atomic E-state index is 13.5. The van der Waals surface area contributed by atoms with Gasteiger partial charge < -0.3 is 4.42 Å².